The SMILES string of the molecule is CCOC(=O)C(F)(F)Cl.[H-].[H-].[Mg+2]. The second-order valence-corrected chi connectivity index (χ2v) is 1.69. The summed E-state index contributed by atoms with van der Waals surface area (Å²) in [5.74, 6) is -1.70. The fourth-order valence-corrected chi connectivity index (χ4v) is 0.267. The predicted molar refractivity (Wildman–Crippen MR) is 35.4 cm³/mol. The molecule has 0 atom stereocenters. The third-order valence-corrected chi connectivity index (χ3v) is 0.661. The van der Waals surface area contributed by atoms with Gasteiger partial charge in [0.15, 0.2) is 0 Å². The van der Waals surface area contributed by atoms with Gasteiger partial charge < -0.3 is 7.59 Å². The van der Waals surface area contributed by atoms with E-state index in [1.165, 1.54) is 6.92 Å². The van der Waals surface area contributed by atoms with E-state index in [2.05, 4.69) is 16.3 Å². The first-order valence-corrected chi connectivity index (χ1v) is 2.60. The van der Waals surface area contributed by atoms with Crippen LogP contribution >= 0.6 is 11.6 Å². The Bertz CT molecular complexity index is 122. The molecule has 10 heavy (non-hydrogen) atoms. The van der Waals surface area contributed by atoms with Crippen molar-refractivity contribution in [2.75, 3.05) is 6.61 Å². The van der Waals surface area contributed by atoms with Crippen LogP contribution < -0.4 is 0 Å². The number of hydrogen-bond acceptors (Lipinski definition) is 2. The summed E-state index contributed by atoms with van der Waals surface area (Å²) in [5, 5.41) is -3.88. The standard InChI is InChI=1S/C4H5ClF2O2.Mg.2H/c1-2-9-3(8)4(5,6)7;;;/h2H2,1H3;;;/q;+2;2*-1. The van der Waals surface area contributed by atoms with Crippen molar-refractivity contribution in [3.05, 3.63) is 0 Å². The topological polar surface area (TPSA) is 26.3 Å². The van der Waals surface area contributed by atoms with Crippen LogP contribution in [0.15, 0.2) is 0 Å². The molecule has 0 aromatic carbocycles. The molecule has 0 amide bonds. The summed E-state index contributed by atoms with van der Waals surface area (Å²) < 4.78 is 27.1. The molecule has 0 fully saturated rings. The Balaban J connectivity index is -0.000000107. The molecule has 0 unspecified atom stereocenters. The van der Waals surface area contributed by atoms with Gasteiger partial charge in [0, 0.05) is 0 Å². The van der Waals surface area contributed by atoms with Gasteiger partial charge in [-0.25, -0.2) is 4.79 Å². The van der Waals surface area contributed by atoms with E-state index in [9.17, 15) is 13.6 Å². The molecular formula is C4H7ClF2MgO2. The molecule has 0 radical (unpaired) electrons. The molecule has 0 aromatic rings. The van der Waals surface area contributed by atoms with Gasteiger partial charge in [-0.3, -0.25) is 0 Å². The number of alkyl halides is 3. The number of esters is 1. The van der Waals surface area contributed by atoms with Gasteiger partial charge in [-0.15, -0.1) is 0 Å². The molecule has 0 aliphatic heterocycles. The Morgan fingerprint density at radius 1 is 1.80 bits per heavy atom. The number of carbonyl (C=O) groups is 1. The van der Waals surface area contributed by atoms with Gasteiger partial charge >= 0.3 is 34.4 Å². The first kappa shape index (κ1) is 13.0. The van der Waals surface area contributed by atoms with Gasteiger partial charge in [0.25, 0.3) is 0 Å². The van der Waals surface area contributed by atoms with Crippen LogP contribution in [-0.2, 0) is 9.53 Å². The van der Waals surface area contributed by atoms with Crippen molar-refractivity contribution >= 4 is 40.6 Å². The zero-order valence-corrected chi connectivity index (χ0v) is 7.53. The van der Waals surface area contributed by atoms with E-state index in [4.69, 9.17) is 0 Å². The fraction of sp³-hybridized carbons (Fsp3) is 0.750. The third-order valence-electron chi connectivity index (χ3n) is 0.507. The molecule has 0 saturated carbocycles. The smallest absolute Gasteiger partial charge is 1.00 e. The Kier molecular flexibility index (Phi) is 6.62. The largest absolute Gasteiger partial charge is 2.00 e. The van der Waals surface area contributed by atoms with Crippen molar-refractivity contribution in [2.24, 2.45) is 0 Å². The summed E-state index contributed by atoms with van der Waals surface area (Å²) in [6.07, 6.45) is 0. The Morgan fingerprint density at radius 3 is 2.30 bits per heavy atom. The molecule has 0 heterocycles. The number of ether oxygens (including phenoxy) is 1. The van der Waals surface area contributed by atoms with Gasteiger partial charge in [0.05, 0.1) is 6.61 Å². The minimum atomic E-state index is -3.88. The van der Waals surface area contributed by atoms with Gasteiger partial charge in [-0.05, 0) is 18.5 Å². The first-order chi connectivity index (χ1) is 3.98. The maximum absolute atomic E-state index is 11.6. The van der Waals surface area contributed by atoms with E-state index in [-0.39, 0.29) is 32.5 Å². The van der Waals surface area contributed by atoms with Crippen LogP contribution in [0.4, 0.5) is 8.78 Å². The fourth-order valence-electron chi connectivity index (χ4n) is 0.213. The average molecular weight is 185 g/mol. The van der Waals surface area contributed by atoms with Gasteiger partial charge in [-0.1, -0.05) is 0 Å². The summed E-state index contributed by atoms with van der Waals surface area (Å²) in [5.41, 5.74) is 0. The molecule has 0 spiro atoms. The molecule has 0 saturated heterocycles. The summed E-state index contributed by atoms with van der Waals surface area (Å²) in [7, 11) is 0. The maximum Gasteiger partial charge on any atom is 2.00 e. The van der Waals surface area contributed by atoms with E-state index >= 15 is 0 Å². The summed E-state index contributed by atoms with van der Waals surface area (Å²) in [6.45, 7) is 1.32. The Hall–Kier alpha value is 0.386. The van der Waals surface area contributed by atoms with Crippen molar-refractivity contribution in [1.29, 1.82) is 0 Å². The summed E-state index contributed by atoms with van der Waals surface area (Å²) >= 11 is 4.25. The molecule has 0 aliphatic rings. The van der Waals surface area contributed by atoms with Crippen molar-refractivity contribution in [1.82, 2.24) is 0 Å². The minimum Gasteiger partial charge on any atom is -1.00 e. The van der Waals surface area contributed by atoms with Crippen LogP contribution in [0.5, 0.6) is 0 Å². The second kappa shape index (κ2) is 5.09. The zero-order valence-electron chi connectivity index (χ0n) is 7.36. The molecule has 58 valence electrons. The van der Waals surface area contributed by atoms with Crippen molar-refractivity contribution < 1.29 is 21.2 Å². The minimum absolute atomic E-state index is 0. The average Bonchev–Trinajstić information content (AvgIpc) is 1.64. The van der Waals surface area contributed by atoms with Crippen LogP contribution in [-0.4, -0.2) is 41.0 Å². The molecule has 0 aromatic heterocycles. The molecule has 0 N–H and O–H groups in total. The maximum atomic E-state index is 11.6. The summed E-state index contributed by atoms with van der Waals surface area (Å²) in [6, 6.07) is 0. The van der Waals surface area contributed by atoms with E-state index in [0.717, 1.165) is 0 Å². The van der Waals surface area contributed by atoms with Gasteiger partial charge in [-0.2, -0.15) is 8.78 Å². The quantitative estimate of drug-likeness (QED) is 0.367. The monoisotopic (exact) mass is 184 g/mol. The Labute approximate surface area is 81.0 Å². The normalized spacial score (nSPS) is 10.0. The van der Waals surface area contributed by atoms with Gasteiger partial charge in [0.2, 0.25) is 0 Å². The van der Waals surface area contributed by atoms with Crippen molar-refractivity contribution in [2.45, 2.75) is 12.3 Å². The van der Waals surface area contributed by atoms with E-state index < -0.39 is 11.4 Å². The van der Waals surface area contributed by atoms with Gasteiger partial charge in [0.1, 0.15) is 0 Å². The van der Waals surface area contributed by atoms with E-state index in [1.807, 2.05) is 0 Å². The van der Waals surface area contributed by atoms with Crippen LogP contribution in [0.1, 0.15) is 9.78 Å². The van der Waals surface area contributed by atoms with Crippen molar-refractivity contribution in [3.63, 3.8) is 0 Å². The van der Waals surface area contributed by atoms with E-state index in [0.29, 0.717) is 0 Å². The third kappa shape index (κ3) is 5.19. The predicted octanol–water partition coefficient (Wildman–Crippen LogP) is 1.23. The number of halogens is 3. The number of rotatable bonds is 2. The molecule has 0 aliphatic carbocycles. The molecule has 2 nitrogen and oxygen atoms in total. The summed E-state index contributed by atoms with van der Waals surface area (Å²) in [4.78, 5) is 9.96. The number of carbonyl (C=O) groups excluding carboxylic acids is 1. The van der Waals surface area contributed by atoms with Crippen LogP contribution in [0.2, 0.25) is 0 Å². The first-order valence-electron chi connectivity index (χ1n) is 2.22. The number of hydrogen-bond donors (Lipinski definition) is 0. The second-order valence-electron chi connectivity index (χ2n) is 1.22. The van der Waals surface area contributed by atoms with E-state index in [1.54, 1.807) is 0 Å². The Morgan fingerprint density at radius 2 is 2.20 bits per heavy atom. The molecular weight excluding hydrogens is 178 g/mol. The molecule has 6 heteroatoms. The molecule has 0 bridgehead atoms. The van der Waals surface area contributed by atoms with Crippen molar-refractivity contribution in [3.8, 4) is 0 Å². The zero-order chi connectivity index (χ0) is 7.49. The molecule has 0 rings (SSSR count). The van der Waals surface area contributed by atoms with Crippen LogP contribution in [0, 0.1) is 0 Å². The van der Waals surface area contributed by atoms with Crippen LogP contribution in [0.3, 0.4) is 0 Å². The van der Waals surface area contributed by atoms with Crippen LogP contribution in [0.25, 0.3) is 0 Å².